The summed E-state index contributed by atoms with van der Waals surface area (Å²) in [6, 6.07) is 2.29. The highest BCUT2D eigenvalue weighted by atomic mass is 32.1. The Balaban J connectivity index is 1.63. The number of carbonyl (C=O) groups is 2. The molecule has 2 heterocycles. The lowest BCUT2D eigenvalue weighted by Gasteiger charge is -2.25. The van der Waals surface area contributed by atoms with Crippen LogP contribution in [0.4, 0.5) is 25.0 Å². The van der Waals surface area contributed by atoms with Gasteiger partial charge in [0.25, 0.3) is 0 Å². The van der Waals surface area contributed by atoms with Crippen molar-refractivity contribution in [1.82, 2.24) is 15.3 Å². The van der Waals surface area contributed by atoms with Gasteiger partial charge in [-0.3, -0.25) is 14.7 Å². The van der Waals surface area contributed by atoms with Gasteiger partial charge in [0.2, 0.25) is 5.91 Å². The smallest absolute Gasteiger partial charge is 0.414 e. The van der Waals surface area contributed by atoms with Gasteiger partial charge >= 0.3 is 6.09 Å². The van der Waals surface area contributed by atoms with E-state index in [0.29, 0.717) is 43.9 Å². The van der Waals surface area contributed by atoms with Gasteiger partial charge < -0.3 is 19.3 Å². The predicted molar refractivity (Wildman–Crippen MR) is 133 cm³/mol. The van der Waals surface area contributed by atoms with E-state index in [0.717, 1.165) is 25.1 Å². The number of benzene rings is 1. The third kappa shape index (κ3) is 7.21. The van der Waals surface area contributed by atoms with Crippen LogP contribution >= 0.6 is 12.2 Å². The van der Waals surface area contributed by atoms with Crippen LogP contribution < -0.4 is 15.2 Å². The van der Waals surface area contributed by atoms with Crippen molar-refractivity contribution in [2.45, 2.75) is 31.8 Å². The lowest BCUT2D eigenvalue weighted by Crippen LogP contribution is -2.43. The number of cyclic esters (lactones) is 1. The topological polar surface area (TPSA) is 77.6 Å². The molecule has 0 saturated carbocycles. The van der Waals surface area contributed by atoms with Crippen molar-refractivity contribution in [3.63, 3.8) is 0 Å². The van der Waals surface area contributed by atoms with Crippen LogP contribution in [-0.4, -0.2) is 93.5 Å². The summed E-state index contributed by atoms with van der Waals surface area (Å²) in [5, 5.41) is 1.93. The highest BCUT2D eigenvalue weighted by Crippen LogP contribution is 2.31. The first-order valence-electron chi connectivity index (χ1n) is 11.7. The molecule has 9 nitrogen and oxygen atoms in total. The van der Waals surface area contributed by atoms with E-state index in [1.165, 1.54) is 17.0 Å². The second-order valence-corrected chi connectivity index (χ2v) is 9.29. The Morgan fingerprint density at radius 2 is 1.94 bits per heavy atom. The third-order valence-corrected chi connectivity index (χ3v) is 6.35. The van der Waals surface area contributed by atoms with Gasteiger partial charge in [0.15, 0.2) is 16.7 Å². The Morgan fingerprint density at radius 1 is 1.23 bits per heavy atom. The summed E-state index contributed by atoms with van der Waals surface area (Å²) in [7, 11) is 5.38. The van der Waals surface area contributed by atoms with Gasteiger partial charge in [0, 0.05) is 44.6 Å². The van der Waals surface area contributed by atoms with Crippen LogP contribution in [0.15, 0.2) is 12.1 Å². The molecule has 2 fully saturated rings. The summed E-state index contributed by atoms with van der Waals surface area (Å²) in [5.41, 5.74) is 2.96. The zero-order valence-electron chi connectivity index (χ0n) is 20.4. The van der Waals surface area contributed by atoms with Crippen LogP contribution in [-0.2, 0) is 14.3 Å². The fourth-order valence-electron chi connectivity index (χ4n) is 4.12. The number of ether oxygens (including phenoxy) is 2. The first kappa shape index (κ1) is 27.0. The molecule has 2 saturated heterocycles. The number of hydrogen-bond donors (Lipinski definition) is 1. The van der Waals surface area contributed by atoms with Crippen LogP contribution in [0, 0.1) is 11.6 Å². The van der Waals surface area contributed by atoms with Crippen molar-refractivity contribution < 1.29 is 27.8 Å². The lowest BCUT2D eigenvalue weighted by molar-refractivity contribution is -0.134. The fourth-order valence-corrected chi connectivity index (χ4v) is 4.24. The molecule has 0 radical (unpaired) electrons. The van der Waals surface area contributed by atoms with E-state index in [2.05, 4.69) is 5.43 Å². The standard InChI is InChI=1S/C23H33F2N5O4S/c1-27(2)9-4-5-20(31)30-12-11-28(10-8-26-30)22-18(24)13-16(14-19(22)25)29-15-17(34-23(29)32)6-7-21(35)33-3/h13-14,17,26H,4-12,15H2,1-3H3/t17-/m0/s1. The fraction of sp³-hybridized carbons (Fsp3) is 0.609. The maximum Gasteiger partial charge on any atom is 0.414 e. The number of nitrogens with zero attached hydrogens (tertiary/aromatic N) is 4. The number of amides is 2. The minimum Gasteiger partial charge on any atom is -0.490 e. The van der Waals surface area contributed by atoms with Gasteiger partial charge in [0.05, 0.1) is 25.9 Å². The molecule has 2 aliphatic rings. The van der Waals surface area contributed by atoms with E-state index >= 15 is 8.78 Å². The molecule has 0 unspecified atom stereocenters. The largest absolute Gasteiger partial charge is 0.490 e. The molecule has 1 aromatic carbocycles. The molecule has 12 heteroatoms. The molecule has 35 heavy (non-hydrogen) atoms. The summed E-state index contributed by atoms with van der Waals surface area (Å²) >= 11 is 5.00. The Kier molecular flexibility index (Phi) is 9.58. The number of methoxy groups -OCH3 is 1. The lowest BCUT2D eigenvalue weighted by atomic mass is 10.2. The average molecular weight is 514 g/mol. The van der Waals surface area contributed by atoms with Crippen molar-refractivity contribution in [2.75, 3.05) is 70.3 Å². The number of hydrazine groups is 1. The predicted octanol–water partition coefficient (Wildman–Crippen LogP) is 2.54. The van der Waals surface area contributed by atoms with Crippen LogP contribution in [0.25, 0.3) is 0 Å². The van der Waals surface area contributed by atoms with Crippen molar-refractivity contribution in [2.24, 2.45) is 0 Å². The SMILES string of the molecule is COC(=S)CC[C@H]1CN(c2cc(F)c(N3CCNN(C(=O)CCCN(C)C)CC3)c(F)c2)C(=O)O1. The zero-order chi connectivity index (χ0) is 25.5. The van der Waals surface area contributed by atoms with Gasteiger partial charge in [-0.15, -0.1) is 0 Å². The van der Waals surface area contributed by atoms with Crippen LogP contribution in [0.2, 0.25) is 0 Å². The highest BCUT2D eigenvalue weighted by molar-refractivity contribution is 7.80. The van der Waals surface area contributed by atoms with Crippen LogP contribution in [0.3, 0.4) is 0 Å². The average Bonchev–Trinajstić information content (AvgIpc) is 3.01. The van der Waals surface area contributed by atoms with Gasteiger partial charge in [-0.2, -0.15) is 0 Å². The molecule has 1 N–H and O–H groups in total. The van der Waals surface area contributed by atoms with Crippen molar-refractivity contribution in [3.05, 3.63) is 23.8 Å². The highest BCUT2D eigenvalue weighted by Gasteiger charge is 2.34. The van der Waals surface area contributed by atoms with Crippen LogP contribution in [0.5, 0.6) is 0 Å². The zero-order valence-corrected chi connectivity index (χ0v) is 21.2. The maximum absolute atomic E-state index is 15.1. The van der Waals surface area contributed by atoms with E-state index < -0.39 is 23.8 Å². The molecule has 1 atom stereocenters. The second kappa shape index (κ2) is 12.4. The van der Waals surface area contributed by atoms with E-state index in [-0.39, 0.29) is 30.4 Å². The molecule has 3 rings (SSSR count). The number of hydrogen-bond acceptors (Lipinski definition) is 8. The van der Waals surface area contributed by atoms with E-state index in [9.17, 15) is 9.59 Å². The number of halogens is 2. The number of nitrogens with one attached hydrogen (secondary N) is 1. The molecular weight excluding hydrogens is 480 g/mol. The summed E-state index contributed by atoms with van der Waals surface area (Å²) in [6.45, 7) is 2.23. The molecule has 0 spiro atoms. The molecule has 1 aromatic rings. The third-order valence-electron chi connectivity index (χ3n) is 5.98. The summed E-state index contributed by atoms with van der Waals surface area (Å²) in [4.78, 5) is 29.6. The maximum atomic E-state index is 15.1. The summed E-state index contributed by atoms with van der Waals surface area (Å²) < 4.78 is 40.5. The van der Waals surface area contributed by atoms with Gasteiger partial charge in [-0.1, -0.05) is 0 Å². The van der Waals surface area contributed by atoms with E-state index in [4.69, 9.17) is 21.7 Å². The summed E-state index contributed by atoms with van der Waals surface area (Å²) in [6.07, 6.45) is 0.927. The van der Waals surface area contributed by atoms with Crippen molar-refractivity contribution in [1.29, 1.82) is 0 Å². The Bertz CT molecular complexity index is 912. The minimum absolute atomic E-state index is 0.0432. The Hall–Kier alpha value is -2.57. The molecule has 2 amide bonds. The first-order valence-corrected chi connectivity index (χ1v) is 12.1. The summed E-state index contributed by atoms with van der Waals surface area (Å²) in [5.74, 6) is -1.59. The van der Waals surface area contributed by atoms with Gasteiger partial charge in [-0.25, -0.2) is 19.0 Å². The van der Waals surface area contributed by atoms with Gasteiger partial charge in [-0.05, 0) is 45.7 Å². The monoisotopic (exact) mass is 513 g/mol. The quantitative estimate of drug-likeness (QED) is 0.505. The van der Waals surface area contributed by atoms with E-state index in [1.54, 1.807) is 4.90 Å². The minimum atomic E-state index is -0.775. The van der Waals surface area contributed by atoms with Crippen molar-refractivity contribution in [3.8, 4) is 0 Å². The molecule has 0 bridgehead atoms. The Labute approximate surface area is 209 Å². The molecule has 0 aliphatic carbocycles. The van der Waals surface area contributed by atoms with Gasteiger partial charge in [0.1, 0.15) is 11.8 Å². The van der Waals surface area contributed by atoms with Crippen LogP contribution in [0.1, 0.15) is 25.7 Å². The number of anilines is 2. The molecule has 2 aliphatic heterocycles. The normalized spacial score (nSPS) is 18.6. The number of thiocarbonyl (C=S) groups is 1. The Morgan fingerprint density at radius 3 is 2.60 bits per heavy atom. The number of carbonyl (C=O) groups excluding carboxylic acids is 2. The molecular formula is C23H33F2N5O4S. The second-order valence-electron chi connectivity index (χ2n) is 8.84. The molecule has 0 aromatic heterocycles. The van der Waals surface area contributed by atoms with Crippen molar-refractivity contribution >= 4 is 40.6 Å². The molecule has 194 valence electrons. The number of rotatable bonds is 9. The first-order chi connectivity index (χ1) is 16.7. The van der Waals surface area contributed by atoms with E-state index in [1.807, 2.05) is 19.0 Å².